The summed E-state index contributed by atoms with van der Waals surface area (Å²) in [6.45, 7) is 6.76. The number of H-pyrrole nitrogens is 1. The molecule has 0 aliphatic rings. The van der Waals surface area contributed by atoms with E-state index in [9.17, 15) is 0 Å². The smallest absolute Gasteiger partial charge is 0.128 e. The molecular weight excluding hydrogens is 250 g/mol. The van der Waals surface area contributed by atoms with Crippen molar-refractivity contribution in [1.29, 1.82) is 0 Å². The van der Waals surface area contributed by atoms with Crippen LogP contribution in [0.5, 0.6) is 5.75 Å². The summed E-state index contributed by atoms with van der Waals surface area (Å²) in [7, 11) is 0. The molecule has 4 nitrogen and oxygen atoms in total. The number of unbranched alkanes of at least 4 members (excludes halogenated alkanes) is 1. The summed E-state index contributed by atoms with van der Waals surface area (Å²) in [5.74, 6) is 0.905. The summed E-state index contributed by atoms with van der Waals surface area (Å²) in [6.07, 6.45) is 2.21. The lowest BCUT2D eigenvalue weighted by Gasteiger charge is -2.09. The van der Waals surface area contributed by atoms with Gasteiger partial charge < -0.3 is 10.1 Å². The highest BCUT2D eigenvalue weighted by molar-refractivity contribution is 5.67. The van der Waals surface area contributed by atoms with Crippen LogP contribution in [0.25, 0.3) is 11.3 Å². The van der Waals surface area contributed by atoms with E-state index >= 15 is 0 Å². The first kappa shape index (κ1) is 14.6. The lowest BCUT2D eigenvalue weighted by molar-refractivity contribution is 0.310. The molecule has 0 saturated heterocycles. The van der Waals surface area contributed by atoms with Gasteiger partial charge in [-0.05, 0) is 31.2 Å². The van der Waals surface area contributed by atoms with Gasteiger partial charge in [-0.1, -0.05) is 32.4 Å². The Morgan fingerprint density at radius 1 is 1.25 bits per heavy atom. The van der Waals surface area contributed by atoms with E-state index in [-0.39, 0.29) is 0 Å². The zero-order valence-electron chi connectivity index (χ0n) is 12.3. The molecule has 0 unspecified atom stereocenters. The van der Waals surface area contributed by atoms with Crippen molar-refractivity contribution in [2.24, 2.45) is 0 Å². The first-order valence-corrected chi connectivity index (χ1v) is 7.32. The van der Waals surface area contributed by atoms with Gasteiger partial charge >= 0.3 is 0 Å². The molecule has 2 rings (SSSR count). The van der Waals surface area contributed by atoms with Gasteiger partial charge in [0.15, 0.2) is 0 Å². The Hall–Kier alpha value is -1.81. The molecule has 0 bridgehead atoms. The second kappa shape index (κ2) is 7.70. The third-order valence-electron chi connectivity index (χ3n) is 3.11. The quantitative estimate of drug-likeness (QED) is 0.725. The van der Waals surface area contributed by atoms with E-state index in [1.165, 1.54) is 0 Å². The predicted molar refractivity (Wildman–Crippen MR) is 81.8 cm³/mol. The molecule has 4 heteroatoms. The molecule has 2 aromatic rings. The number of aromatic amines is 1. The van der Waals surface area contributed by atoms with Crippen LogP contribution in [0, 0.1) is 0 Å². The molecule has 1 heterocycles. The molecule has 0 saturated carbocycles. The number of hydrogen-bond acceptors (Lipinski definition) is 3. The van der Waals surface area contributed by atoms with Crippen molar-refractivity contribution in [1.82, 2.24) is 15.5 Å². The minimum absolute atomic E-state index is 0.752. The highest BCUT2D eigenvalue weighted by Gasteiger charge is 2.09. The maximum atomic E-state index is 5.85. The summed E-state index contributed by atoms with van der Waals surface area (Å²) in [5, 5.41) is 10.7. The zero-order valence-corrected chi connectivity index (χ0v) is 12.3. The van der Waals surface area contributed by atoms with Crippen molar-refractivity contribution in [2.75, 3.05) is 13.2 Å². The zero-order chi connectivity index (χ0) is 14.2. The van der Waals surface area contributed by atoms with E-state index in [1.54, 1.807) is 0 Å². The fraction of sp³-hybridized carbons (Fsp3) is 0.438. The van der Waals surface area contributed by atoms with Crippen molar-refractivity contribution >= 4 is 0 Å². The molecule has 0 amide bonds. The Bertz CT molecular complexity index is 522. The summed E-state index contributed by atoms with van der Waals surface area (Å²) in [5.41, 5.74) is 3.07. The highest BCUT2D eigenvalue weighted by Crippen LogP contribution is 2.28. The molecule has 0 radical (unpaired) electrons. The van der Waals surface area contributed by atoms with Crippen LogP contribution >= 0.6 is 0 Å². The van der Waals surface area contributed by atoms with Crippen LogP contribution in [0.15, 0.2) is 30.3 Å². The number of nitrogens with zero attached hydrogens (tertiary/aromatic N) is 1. The van der Waals surface area contributed by atoms with Crippen LogP contribution in [0.2, 0.25) is 0 Å². The van der Waals surface area contributed by atoms with Crippen molar-refractivity contribution in [3.63, 3.8) is 0 Å². The highest BCUT2D eigenvalue weighted by atomic mass is 16.5. The molecule has 0 atom stereocenters. The molecule has 0 aliphatic carbocycles. The maximum Gasteiger partial charge on any atom is 0.128 e. The number of nitrogens with one attached hydrogen (secondary N) is 2. The van der Waals surface area contributed by atoms with Gasteiger partial charge in [-0.3, -0.25) is 5.10 Å². The fourth-order valence-electron chi connectivity index (χ4n) is 1.98. The SMILES string of the molecule is CCCCOc1ccccc1-c1cc(CNCC)[nH]n1. The van der Waals surface area contributed by atoms with Crippen molar-refractivity contribution in [3.05, 3.63) is 36.0 Å². The second-order valence-corrected chi connectivity index (χ2v) is 4.76. The van der Waals surface area contributed by atoms with Crippen LogP contribution in [-0.4, -0.2) is 23.3 Å². The van der Waals surface area contributed by atoms with Gasteiger partial charge in [-0.25, -0.2) is 0 Å². The maximum absolute atomic E-state index is 5.85. The average molecular weight is 273 g/mol. The van der Waals surface area contributed by atoms with Crippen LogP contribution in [-0.2, 0) is 6.54 Å². The standard InChI is InChI=1S/C16H23N3O/c1-3-5-10-20-16-9-7-6-8-14(16)15-11-13(18-19-15)12-17-4-2/h6-9,11,17H,3-5,10,12H2,1-2H3,(H,18,19). The lowest BCUT2D eigenvalue weighted by atomic mass is 10.1. The number of rotatable bonds is 8. The third kappa shape index (κ3) is 3.84. The van der Waals surface area contributed by atoms with Gasteiger partial charge in [0.25, 0.3) is 0 Å². The fourth-order valence-corrected chi connectivity index (χ4v) is 1.98. The summed E-state index contributed by atoms with van der Waals surface area (Å²) in [4.78, 5) is 0. The van der Waals surface area contributed by atoms with Crippen LogP contribution < -0.4 is 10.1 Å². The minimum atomic E-state index is 0.752. The van der Waals surface area contributed by atoms with Gasteiger partial charge in [0, 0.05) is 17.8 Å². The minimum Gasteiger partial charge on any atom is -0.493 e. The average Bonchev–Trinajstić information content (AvgIpc) is 2.94. The Morgan fingerprint density at radius 3 is 2.90 bits per heavy atom. The van der Waals surface area contributed by atoms with Crippen molar-refractivity contribution < 1.29 is 4.74 Å². The number of ether oxygens (including phenoxy) is 1. The second-order valence-electron chi connectivity index (χ2n) is 4.76. The van der Waals surface area contributed by atoms with Gasteiger partial charge in [-0.15, -0.1) is 0 Å². The number of para-hydroxylation sites is 1. The van der Waals surface area contributed by atoms with Gasteiger partial charge in [0.1, 0.15) is 5.75 Å². The first-order chi connectivity index (χ1) is 9.85. The molecule has 108 valence electrons. The third-order valence-corrected chi connectivity index (χ3v) is 3.11. The van der Waals surface area contributed by atoms with E-state index in [0.29, 0.717) is 0 Å². The molecule has 1 aromatic heterocycles. The monoisotopic (exact) mass is 273 g/mol. The molecule has 1 aromatic carbocycles. The Kier molecular flexibility index (Phi) is 5.62. The normalized spacial score (nSPS) is 10.7. The predicted octanol–water partition coefficient (Wildman–Crippen LogP) is 3.37. The van der Waals surface area contributed by atoms with Crippen LogP contribution in [0.3, 0.4) is 0 Å². The van der Waals surface area contributed by atoms with E-state index in [4.69, 9.17) is 4.74 Å². The van der Waals surface area contributed by atoms with E-state index in [0.717, 1.165) is 55.2 Å². The number of benzene rings is 1. The lowest BCUT2D eigenvalue weighted by Crippen LogP contribution is -2.11. The molecule has 0 spiro atoms. The Labute approximate surface area is 120 Å². The largest absolute Gasteiger partial charge is 0.493 e. The number of hydrogen-bond donors (Lipinski definition) is 2. The molecular formula is C16H23N3O. The van der Waals surface area contributed by atoms with Gasteiger partial charge in [0.05, 0.1) is 12.3 Å². The molecule has 20 heavy (non-hydrogen) atoms. The van der Waals surface area contributed by atoms with Gasteiger partial charge in [-0.2, -0.15) is 5.10 Å². The summed E-state index contributed by atoms with van der Waals surface area (Å²) >= 11 is 0. The first-order valence-electron chi connectivity index (χ1n) is 7.32. The van der Waals surface area contributed by atoms with Crippen LogP contribution in [0.4, 0.5) is 0 Å². The van der Waals surface area contributed by atoms with Crippen molar-refractivity contribution in [3.8, 4) is 17.0 Å². The Morgan fingerprint density at radius 2 is 2.10 bits per heavy atom. The van der Waals surface area contributed by atoms with Crippen LogP contribution in [0.1, 0.15) is 32.4 Å². The topological polar surface area (TPSA) is 49.9 Å². The molecule has 2 N–H and O–H groups in total. The van der Waals surface area contributed by atoms with E-state index < -0.39 is 0 Å². The van der Waals surface area contributed by atoms with E-state index in [1.807, 2.05) is 18.2 Å². The molecule has 0 aliphatic heterocycles. The van der Waals surface area contributed by atoms with Gasteiger partial charge in [0.2, 0.25) is 0 Å². The van der Waals surface area contributed by atoms with E-state index in [2.05, 4.69) is 41.5 Å². The Balaban J connectivity index is 2.12. The van der Waals surface area contributed by atoms with Crippen molar-refractivity contribution in [2.45, 2.75) is 33.2 Å². The summed E-state index contributed by atoms with van der Waals surface area (Å²) in [6, 6.07) is 10.1. The summed E-state index contributed by atoms with van der Waals surface area (Å²) < 4.78 is 5.85. The number of aromatic nitrogens is 2. The molecule has 0 fully saturated rings.